The van der Waals surface area contributed by atoms with Crippen LogP contribution in [-0.2, 0) is 114 Å². The fraction of sp³-hybridized carbons (Fsp3) is 0.900. The molecule has 5 amide bonds. The molecule has 0 aromatic rings. The van der Waals surface area contributed by atoms with Crippen molar-refractivity contribution in [2.45, 2.75) is 349 Å². The zero-order chi connectivity index (χ0) is 92.9. The summed E-state index contributed by atoms with van der Waals surface area (Å²) in [5.74, 6) is -15.9. The molecule has 0 aromatic carbocycles. The van der Waals surface area contributed by atoms with Crippen molar-refractivity contribution in [1.82, 2.24) is 26.6 Å². The molecule has 9 saturated heterocycles. The number of aliphatic carboxylic acids is 2. The number of hydrogen-bond acceptors (Lipinski definition) is 48. The lowest BCUT2D eigenvalue weighted by molar-refractivity contribution is -0.395. The van der Waals surface area contributed by atoms with Gasteiger partial charge >= 0.3 is 11.9 Å². The number of hydrogen-bond donors (Lipinski definition) is 31. The molecule has 9 fully saturated rings. The van der Waals surface area contributed by atoms with Gasteiger partial charge in [0.15, 0.2) is 44.0 Å². The maximum absolute atomic E-state index is 13.7. The van der Waals surface area contributed by atoms with E-state index < -0.39 is 388 Å². The molecule has 9 rings (SSSR count). The van der Waals surface area contributed by atoms with Crippen LogP contribution in [-0.4, -0.2) is 508 Å². The summed E-state index contributed by atoms with van der Waals surface area (Å²) >= 11 is 0. The molecule has 9 heterocycles. The van der Waals surface area contributed by atoms with Gasteiger partial charge in [-0.1, -0.05) is 0 Å². The SMILES string of the molecule is CC(=O)N[C@@H]1[C@@H](O[C@@H]2O[C@H](CO)[C@@H](O[C@@H]3O[C@H](CO)[C@H](O)[C@H](O[C@]4(C(=O)O)C[C@H](O)[C@@H](NC(C)=O)[C@H]([C@H](O)[C@H](O)CO)O4)[C@H]3O)[C@H](O[C@@H]3O[C@@H](C)[C@@H](O)[C@@H](O)[C@@H]3O)[C@H]2NC(C)=O)[C@@H](O)[C@@H](CO[C@@H]2O[C@H](CO)[C@@H](O[C@@H]3O[C@H](CO)[C@H](O)[C@H](O[C@]4(C(=O)O)C[C@H](O)[C@@H](NC(C)=O)[C@H]([C@H](O)[C@H](O)CO)O4)[C@H]3O)[C@H](O[C@@H]3O[C@@H](C)[C@@H](O)[C@@H](O)[C@@H]3O)[C@H]2NC(C)=O)O[C@@H]1O. The van der Waals surface area contributed by atoms with Gasteiger partial charge in [-0.3, -0.25) is 24.0 Å². The van der Waals surface area contributed by atoms with Gasteiger partial charge in [0.2, 0.25) is 29.5 Å². The van der Waals surface area contributed by atoms with Crippen molar-refractivity contribution < 1.29 is 247 Å². The number of amides is 5. The highest BCUT2D eigenvalue weighted by Gasteiger charge is 2.65. The summed E-state index contributed by atoms with van der Waals surface area (Å²) in [5.41, 5.74) is 0. The van der Waals surface area contributed by atoms with Crippen LogP contribution in [0.15, 0.2) is 0 Å². The zero-order valence-electron chi connectivity index (χ0n) is 67.8. The monoisotopic (exact) mass is 1830 g/mol. The van der Waals surface area contributed by atoms with Gasteiger partial charge < -0.3 is 240 Å². The lowest BCUT2D eigenvalue weighted by Gasteiger charge is -2.52. The van der Waals surface area contributed by atoms with Crippen LogP contribution in [0.4, 0.5) is 0 Å². The Bertz CT molecular complexity index is 3540. The van der Waals surface area contributed by atoms with E-state index in [9.17, 15) is 166 Å². The third-order valence-corrected chi connectivity index (χ3v) is 22.6. The first-order valence-electron chi connectivity index (χ1n) is 39.6. The molecule has 720 valence electrons. The lowest BCUT2D eigenvalue weighted by atomic mass is 9.88. The first kappa shape index (κ1) is 103. The molecule has 0 radical (unpaired) electrons. The van der Waals surface area contributed by atoms with Crippen molar-refractivity contribution in [2.75, 3.05) is 46.2 Å². The second-order valence-electron chi connectivity index (χ2n) is 31.7. The summed E-state index contributed by atoms with van der Waals surface area (Å²) in [5, 5.41) is 302. The molecule has 31 N–H and O–H groups in total. The molecule has 0 saturated carbocycles. The predicted molar refractivity (Wildman–Crippen MR) is 387 cm³/mol. The minimum atomic E-state index is -3.36. The number of carboxylic acid groups (broad SMARTS) is 2. The normalized spacial score (nSPS) is 46.0. The fourth-order valence-corrected chi connectivity index (χ4v) is 16.2. The number of ether oxygens (including phenoxy) is 17. The van der Waals surface area contributed by atoms with Gasteiger partial charge in [0, 0.05) is 47.5 Å². The number of rotatable bonds is 34. The molecule has 55 nitrogen and oxygen atoms in total. The Hall–Kier alpha value is -5.35. The van der Waals surface area contributed by atoms with Gasteiger partial charge in [-0.25, -0.2) is 9.59 Å². The fourth-order valence-electron chi connectivity index (χ4n) is 16.2. The van der Waals surface area contributed by atoms with Crippen molar-refractivity contribution in [3.8, 4) is 0 Å². The molecule has 0 spiro atoms. The molecule has 0 aliphatic carbocycles. The van der Waals surface area contributed by atoms with Crippen molar-refractivity contribution >= 4 is 41.5 Å². The predicted octanol–water partition coefficient (Wildman–Crippen LogP) is -19.4. The first-order valence-corrected chi connectivity index (χ1v) is 39.6. The van der Waals surface area contributed by atoms with Gasteiger partial charge in [0.05, 0.1) is 82.7 Å². The molecule has 55 heteroatoms. The zero-order valence-corrected chi connectivity index (χ0v) is 67.8. The van der Waals surface area contributed by atoms with Crippen molar-refractivity contribution in [3.63, 3.8) is 0 Å². The Morgan fingerprint density at radius 2 is 0.656 bits per heavy atom. The summed E-state index contributed by atoms with van der Waals surface area (Å²) in [7, 11) is 0. The van der Waals surface area contributed by atoms with Gasteiger partial charge in [-0.2, -0.15) is 0 Å². The van der Waals surface area contributed by atoms with Gasteiger partial charge in [-0.05, 0) is 13.8 Å². The quantitative estimate of drug-likeness (QED) is 0.0284. The van der Waals surface area contributed by atoms with Crippen LogP contribution in [0.5, 0.6) is 0 Å². The Morgan fingerprint density at radius 1 is 0.344 bits per heavy atom. The van der Waals surface area contributed by atoms with Crippen molar-refractivity contribution in [1.29, 1.82) is 0 Å². The van der Waals surface area contributed by atoms with E-state index in [4.69, 9.17) is 80.5 Å². The molecule has 125 heavy (non-hydrogen) atoms. The third kappa shape index (κ3) is 22.9. The van der Waals surface area contributed by atoms with E-state index in [0.29, 0.717) is 0 Å². The van der Waals surface area contributed by atoms with Crippen LogP contribution in [0.3, 0.4) is 0 Å². The van der Waals surface area contributed by atoms with E-state index in [1.807, 2.05) is 0 Å². The molecule has 9 aliphatic rings. The Kier molecular flexibility index (Phi) is 36.2. The van der Waals surface area contributed by atoms with E-state index >= 15 is 0 Å². The average molecular weight is 1830 g/mol. The number of carboxylic acids is 2. The minimum Gasteiger partial charge on any atom is -0.477 e. The molecule has 47 atom stereocenters. The van der Waals surface area contributed by atoms with Crippen molar-refractivity contribution in [2.24, 2.45) is 0 Å². The molecule has 9 aliphatic heterocycles. The molecule has 0 aromatic heterocycles. The highest BCUT2D eigenvalue weighted by atomic mass is 16.8. The molecular formula is C70H115N5O50. The average Bonchev–Trinajstić information content (AvgIpc) is 0.754. The lowest BCUT2D eigenvalue weighted by Crippen LogP contribution is -2.72. The van der Waals surface area contributed by atoms with Crippen LogP contribution in [0.25, 0.3) is 0 Å². The number of carbonyl (C=O) groups is 7. The van der Waals surface area contributed by atoms with Gasteiger partial charge in [0.1, 0.15) is 195 Å². The van der Waals surface area contributed by atoms with E-state index in [1.165, 1.54) is 13.8 Å². The summed E-state index contributed by atoms with van der Waals surface area (Å²) in [6, 6.07) is -9.72. The topological polar surface area (TPSA) is 863 Å². The Balaban J connectivity index is 1.05. The first-order chi connectivity index (χ1) is 58.7. The highest BCUT2D eigenvalue weighted by molar-refractivity contribution is 5.78. The molecular weight excluding hydrogens is 1710 g/mol. The third-order valence-electron chi connectivity index (χ3n) is 22.6. The molecule has 0 bridgehead atoms. The number of nitrogens with one attached hydrogen (secondary N) is 5. The van der Waals surface area contributed by atoms with Crippen LogP contribution >= 0.6 is 0 Å². The van der Waals surface area contributed by atoms with Crippen LogP contribution in [0.2, 0.25) is 0 Å². The number of carbonyl (C=O) groups excluding carboxylic acids is 5. The van der Waals surface area contributed by atoms with Crippen LogP contribution < -0.4 is 26.6 Å². The second kappa shape index (κ2) is 43.8. The summed E-state index contributed by atoms with van der Waals surface area (Å²) in [6.45, 7) is -1.78. The number of aliphatic hydroxyl groups is 24. The van der Waals surface area contributed by atoms with Crippen molar-refractivity contribution in [3.05, 3.63) is 0 Å². The Labute approximate surface area is 707 Å². The maximum Gasteiger partial charge on any atom is 0.364 e. The summed E-state index contributed by atoms with van der Waals surface area (Å²) in [4.78, 5) is 91.9. The van der Waals surface area contributed by atoms with E-state index in [2.05, 4.69) is 26.6 Å². The summed E-state index contributed by atoms with van der Waals surface area (Å²) in [6.07, 6.45) is -90.2. The summed E-state index contributed by atoms with van der Waals surface area (Å²) < 4.78 is 102. The van der Waals surface area contributed by atoms with Gasteiger partial charge in [-0.15, -0.1) is 0 Å². The van der Waals surface area contributed by atoms with E-state index in [-0.39, 0.29) is 0 Å². The van der Waals surface area contributed by atoms with E-state index in [1.54, 1.807) is 0 Å². The van der Waals surface area contributed by atoms with Crippen LogP contribution in [0.1, 0.15) is 61.3 Å². The largest absolute Gasteiger partial charge is 0.477 e. The van der Waals surface area contributed by atoms with Gasteiger partial charge in [0.25, 0.3) is 11.6 Å². The minimum absolute atomic E-state index is 0.877. The smallest absolute Gasteiger partial charge is 0.364 e. The maximum atomic E-state index is 13.7. The number of aliphatic hydroxyl groups excluding tert-OH is 24. The highest BCUT2D eigenvalue weighted by Crippen LogP contribution is 2.44. The molecule has 0 unspecified atom stereocenters. The van der Waals surface area contributed by atoms with E-state index in [0.717, 1.165) is 34.6 Å². The Morgan fingerprint density at radius 3 is 1.01 bits per heavy atom. The second-order valence-corrected chi connectivity index (χ2v) is 31.7. The van der Waals surface area contributed by atoms with Crippen LogP contribution in [0, 0.1) is 0 Å². The standard InChI is InChI=1S/C70H115N5O50/c1-17-38(91)45(98)47(100)63(110-17)120-56-36(74-22(6)85)61(115-30(14-80)51(56)117-65-49(102)58(42(95)28(12-78)113-65)124-69(67(105)106)8-24(87)33(71-19(3)82)54(122-69)40(93)26(89)10-76)109-16-32-44(97)53(35(60(104)112-32)73-21(5)84)119-62-37(75-23(7)86)57(121-64-48(101)46(99)39(92)18(2)111-64)52(31(15-81)116-62)118-66-50(103)59(43(96)29(13-79)114-66)125-70(68(107)108)9-25(88)34(72-20(4)83)55(123-70)41(94)27(90)11-77/h17-18,24-66,76-81,87-104H,8-16H2,1-7H3,(H,71,82)(H,72,83)(H,73,84)(H,74,85)(H,75,86)(H,105,106)(H,107,108)/t17-,18-,24-,25-,26+,27+,28+,29+,30+,31+,32+,33+,34+,35+,36+,37+,38+,39+,40+,41+,42-,43-,44-,45+,46+,47-,48-,49+,50+,51+,52+,53+,54+,55+,56+,57+,58-,59-,60-,61+,62-,63-,64-,65-,66-,69-,70-/m0/s1.